The standard InChI is InChI=1S/C12H25NOS/c1-3-11-6-4-5-7-12(11)15(14)9-8-10(2)13/h10-12H,3-9,13H2,1-2H3. The van der Waals surface area contributed by atoms with Crippen molar-refractivity contribution in [2.75, 3.05) is 5.75 Å². The van der Waals surface area contributed by atoms with Crippen molar-refractivity contribution in [1.29, 1.82) is 0 Å². The second-order valence-electron chi connectivity index (χ2n) is 4.84. The van der Waals surface area contributed by atoms with Crippen LogP contribution >= 0.6 is 0 Å². The lowest BCUT2D eigenvalue weighted by Gasteiger charge is -2.30. The van der Waals surface area contributed by atoms with Crippen LogP contribution in [-0.2, 0) is 10.8 Å². The van der Waals surface area contributed by atoms with Crippen LogP contribution in [0, 0.1) is 5.92 Å². The van der Waals surface area contributed by atoms with Crippen LogP contribution in [0.2, 0.25) is 0 Å². The molecule has 1 fully saturated rings. The van der Waals surface area contributed by atoms with Crippen molar-refractivity contribution < 1.29 is 4.21 Å². The van der Waals surface area contributed by atoms with Crippen LogP contribution in [0.3, 0.4) is 0 Å². The Labute approximate surface area is 96.5 Å². The van der Waals surface area contributed by atoms with Crippen LogP contribution in [0.4, 0.5) is 0 Å². The van der Waals surface area contributed by atoms with Gasteiger partial charge in [-0.15, -0.1) is 0 Å². The van der Waals surface area contributed by atoms with E-state index in [4.69, 9.17) is 5.73 Å². The van der Waals surface area contributed by atoms with Gasteiger partial charge < -0.3 is 5.73 Å². The molecule has 0 radical (unpaired) electrons. The molecule has 0 heterocycles. The molecule has 0 saturated heterocycles. The highest BCUT2D eigenvalue weighted by molar-refractivity contribution is 7.85. The molecule has 1 aliphatic carbocycles. The van der Waals surface area contributed by atoms with Crippen molar-refractivity contribution in [3.05, 3.63) is 0 Å². The molecule has 3 heteroatoms. The van der Waals surface area contributed by atoms with Gasteiger partial charge in [-0.05, 0) is 32.1 Å². The molecule has 4 unspecified atom stereocenters. The Balaban J connectivity index is 2.41. The second-order valence-corrected chi connectivity index (χ2v) is 6.62. The van der Waals surface area contributed by atoms with Crippen molar-refractivity contribution in [2.45, 2.75) is 63.7 Å². The fourth-order valence-corrected chi connectivity index (χ4v) is 4.53. The molecule has 4 atom stereocenters. The van der Waals surface area contributed by atoms with Gasteiger partial charge in [0.2, 0.25) is 0 Å². The molecule has 1 saturated carbocycles. The lowest BCUT2D eigenvalue weighted by atomic mass is 9.87. The van der Waals surface area contributed by atoms with Crippen LogP contribution < -0.4 is 5.73 Å². The van der Waals surface area contributed by atoms with Gasteiger partial charge in [-0.1, -0.05) is 26.2 Å². The Bertz CT molecular complexity index is 206. The molecule has 0 aliphatic heterocycles. The average Bonchev–Trinajstić information content (AvgIpc) is 2.25. The first-order valence-corrected chi connectivity index (χ1v) is 7.66. The molecule has 0 aromatic rings. The molecular formula is C12H25NOS. The molecule has 1 aliphatic rings. The molecule has 0 bridgehead atoms. The summed E-state index contributed by atoms with van der Waals surface area (Å²) in [5, 5.41) is 0.461. The SMILES string of the molecule is CCC1CCCCC1S(=O)CCC(C)N. The summed E-state index contributed by atoms with van der Waals surface area (Å²) in [5.74, 6) is 1.51. The molecule has 0 aromatic heterocycles. The molecule has 0 spiro atoms. The van der Waals surface area contributed by atoms with E-state index in [1.54, 1.807) is 0 Å². The largest absolute Gasteiger partial charge is 0.328 e. The molecule has 2 N–H and O–H groups in total. The molecule has 0 aromatic carbocycles. The fourth-order valence-electron chi connectivity index (χ4n) is 2.44. The molecule has 1 rings (SSSR count). The minimum atomic E-state index is -0.637. The third-order valence-corrected chi connectivity index (χ3v) is 5.41. The van der Waals surface area contributed by atoms with E-state index in [2.05, 4.69) is 6.92 Å². The predicted molar refractivity (Wildman–Crippen MR) is 67.3 cm³/mol. The van der Waals surface area contributed by atoms with Crippen molar-refractivity contribution in [2.24, 2.45) is 11.7 Å². The highest BCUT2D eigenvalue weighted by Crippen LogP contribution is 2.30. The van der Waals surface area contributed by atoms with Crippen molar-refractivity contribution >= 4 is 10.8 Å². The first-order valence-electron chi connectivity index (χ1n) is 6.28. The quantitative estimate of drug-likeness (QED) is 0.790. The van der Waals surface area contributed by atoms with E-state index in [0.29, 0.717) is 11.2 Å². The van der Waals surface area contributed by atoms with Gasteiger partial charge in [0.1, 0.15) is 0 Å². The summed E-state index contributed by atoms with van der Waals surface area (Å²) in [6, 6.07) is 0.192. The van der Waals surface area contributed by atoms with E-state index >= 15 is 0 Å². The Morgan fingerprint density at radius 2 is 2.07 bits per heavy atom. The maximum absolute atomic E-state index is 12.1. The first-order chi connectivity index (χ1) is 7.15. The minimum absolute atomic E-state index is 0.192. The third-order valence-electron chi connectivity index (χ3n) is 3.48. The van der Waals surface area contributed by atoms with Crippen LogP contribution in [0.15, 0.2) is 0 Å². The zero-order valence-electron chi connectivity index (χ0n) is 10.1. The summed E-state index contributed by atoms with van der Waals surface area (Å²) in [7, 11) is -0.637. The van der Waals surface area contributed by atoms with Gasteiger partial charge in [0.15, 0.2) is 0 Å². The monoisotopic (exact) mass is 231 g/mol. The van der Waals surface area contributed by atoms with Gasteiger partial charge in [-0.2, -0.15) is 0 Å². The topological polar surface area (TPSA) is 43.1 Å². The van der Waals surface area contributed by atoms with Crippen LogP contribution in [0.5, 0.6) is 0 Å². The average molecular weight is 231 g/mol. The lowest BCUT2D eigenvalue weighted by Crippen LogP contribution is -2.31. The van der Waals surface area contributed by atoms with Gasteiger partial charge in [-0.3, -0.25) is 4.21 Å². The van der Waals surface area contributed by atoms with E-state index in [1.165, 1.54) is 32.1 Å². The summed E-state index contributed by atoms with van der Waals surface area (Å²) in [5.41, 5.74) is 5.70. The fraction of sp³-hybridized carbons (Fsp3) is 1.00. The maximum atomic E-state index is 12.1. The Hall–Kier alpha value is 0.110. The van der Waals surface area contributed by atoms with Crippen molar-refractivity contribution in [3.63, 3.8) is 0 Å². The van der Waals surface area contributed by atoms with Gasteiger partial charge in [0, 0.05) is 27.8 Å². The van der Waals surface area contributed by atoms with E-state index in [0.717, 1.165) is 12.2 Å². The number of hydrogen-bond acceptors (Lipinski definition) is 2. The first kappa shape index (κ1) is 13.2. The van der Waals surface area contributed by atoms with E-state index in [-0.39, 0.29) is 6.04 Å². The Kier molecular flexibility index (Phi) is 5.83. The smallest absolute Gasteiger partial charge is 0.0376 e. The number of rotatable bonds is 5. The second kappa shape index (κ2) is 6.64. The molecule has 0 amide bonds. The predicted octanol–water partition coefficient (Wildman–Crippen LogP) is 2.44. The van der Waals surface area contributed by atoms with E-state index in [1.807, 2.05) is 6.92 Å². The summed E-state index contributed by atoms with van der Waals surface area (Å²) in [4.78, 5) is 0. The number of hydrogen-bond donors (Lipinski definition) is 1. The number of nitrogens with two attached hydrogens (primary N) is 1. The van der Waals surface area contributed by atoms with Crippen molar-refractivity contribution in [1.82, 2.24) is 0 Å². The van der Waals surface area contributed by atoms with E-state index < -0.39 is 10.8 Å². The van der Waals surface area contributed by atoms with Crippen LogP contribution in [-0.4, -0.2) is 21.3 Å². The lowest BCUT2D eigenvalue weighted by molar-refractivity contribution is 0.355. The highest BCUT2D eigenvalue weighted by atomic mass is 32.2. The van der Waals surface area contributed by atoms with Gasteiger partial charge in [0.05, 0.1) is 0 Å². The molecule has 2 nitrogen and oxygen atoms in total. The highest BCUT2D eigenvalue weighted by Gasteiger charge is 2.28. The Morgan fingerprint density at radius 1 is 1.40 bits per heavy atom. The zero-order chi connectivity index (χ0) is 11.3. The normalized spacial score (nSPS) is 31.1. The van der Waals surface area contributed by atoms with Gasteiger partial charge in [0.25, 0.3) is 0 Å². The molecule has 15 heavy (non-hydrogen) atoms. The zero-order valence-corrected chi connectivity index (χ0v) is 10.9. The third kappa shape index (κ3) is 4.23. The van der Waals surface area contributed by atoms with Crippen LogP contribution in [0.1, 0.15) is 52.4 Å². The Morgan fingerprint density at radius 3 is 2.67 bits per heavy atom. The summed E-state index contributed by atoms with van der Waals surface area (Å²) in [6.45, 7) is 4.22. The van der Waals surface area contributed by atoms with Crippen molar-refractivity contribution in [3.8, 4) is 0 Å². The van der Waals surface area contributed by atoms with Gasteiger partial charge >= 0.3 is 0 Å². The van der Waals surface area contributed by atoms with Gasteiger partial charge in [-0.25, -0.2) is 0 Å². The molecular weight excluding hydrogens is 206 g/mol. The van der Waals surface area contributed by atoms with E-state index in [9.17, 15) is 4.21 Å². The summed E-state index contributed by atoms with van der Waals surface area (Å²) in [6.07, 6.45) is 7.15. The summed E-state index contributed by atoms with van der Waals surface area (Å²) >= 11 is 0. The minimum Gasteiger partial charge on any atom is -0.328 e. The van der Waals surface area contributed by atoms with Crippen LogP contribution in [0.25, 0.3) is 0 Å². The molecule has 90 valence electrons. The maximum Gasteiger partial charge on any atom is 0.0376 e. The summed E-state index contributed by atoms with van der Waals surface area (Å²) < 4.78 is 12.1.